The maximum Gasteiger partial charge on any atom is 0.323 e. The van der Waals surface area contributed by atoms with E-state index >= 15 is 0 Å². The third kappa shape index (κ3) is 4.57. The minimum atomic E-state index is -0.318. The van der Waals surface area contributed by atoms with Crippen LogP contribution in [0, 0.1) is 5.82 Å². The van der Waals surface area contributed by atoms with Crippen LogP contribution in [0.3, 0.4) is 0 Å². The lowest BCUT2D eigenvalue weighted by Gasteiger charge is -2.17. The van der Waals surface area contributed by atoms with Gasteiger partial charge in [-0.2, -0.15) is 0 Å². The number of rotatable bonds is 6. The van der Waals surface area contributed by atoms with Crippen molar-refractivity contribution in [2.24, 2.45) is 0 Å². The molecular weight excluding hydrogens is 345 g/mol. The zero-order valence-corrected chi connectivity index (χ0v) is 14.3. The van der Waals surface area contributed by atoms with Crippen molar-refractivity contribution < 1.29 is 18.3 Å². The van der Waals surface area contributed by atoms with Crippen LogP contribution >= 0.6 is 11.3 Å². The third-order valence-electron chi connectivity index (χ3n) is 3.35. The topological polar surface area (TPSA) is 67.6 Å². The number of furan rings is 1. The standard InChI is InChI=1S/C17H16FN3O3S/c1-21(8-10-23-13-6-4-12(18)5-7-13)17(22)20-16-19-14(11-25-16)15-3-2-9-24-15/h2-7,9,11H,8,10H2,1H3,(H,19,20,22). The quantitative estimate of drug-likeness (QED) is 0.718. The molecule has 3 rings (SSSR count). The van der Waals surface area contributed by atoms with Crippen molar-refractivity contribution in [3.05, 3.63) is 53.9 Å². The molecule has 3 aromatic rings. The molecule has 0 aliphatic heterocycles. The number of anilines is 1. The Morgan fingerprint density at radius 2 is 2.16 bits per heavy atom. The molecule has 2 amide bonds. The van der Waals surface area contributed by atoms with E-state index in [9.17, 15) is 9.18 Å². The molecule has 2 aromatic heterocycles. The average Bonchev–Trinajstić information content (AvgIpc) is 3.27. The van der Waals surface area contributed by atoms with E-state index in [1.165, 1.54) is 28.4 Å². The minimum absolute atomic E-state index is 0.289. The van der Waals surface area contributed by atoms with Gasteiger partial charge in [-0.3, -0.25) is 5.32 Å². The molecule has 130 valence electrons. The first-order chi connectivity index (χ1) is 12.1. The highest BCUT2D eigenvalue weighted by Crippen LogP contribution is 2.25. The first-order valence-electron chi connectivity index (χ1n) is 7.52. The summed E-state index contributed by atoms with van der Waals surface area (Å²) < 4.78 is 23.6. The van der Waals surface area contributed by atoms with Crippen molar-refractivity contribution in [1.82, 2.24) is 9.88 Å². The van der Waals surface area contributed by atoms with Crippen LogP contribution in [0.25, 0.3) is 11.5 Å². The summed E-state index contributed by atoms with van der Waals surface area (Å²) in [6.45, 7) is 0.671. The Morgan fingerprint density at radius 1 is 1.36 bits per heavy atom. The number of aromatic nitrogens is 1. The number of hydrogen-bond acceptors (Lipinski definition) is 5. The van der Waals surface area contributed by atoms with Gasteiger partial charge in [0.05, 0.1) is 12.8 Å². The van der Waals surface area contributed by atoms with Gasteiger partial charge in [0.25, 0.3) is 0 Å². The van der Waals surface area contributed by atoms with Crippen LogP contribution in [0.5, 0.6) is 5.75 Å². The number of carbonyl (C=O) groups is 1. The zero-order valence-electron chi connectivity index (χ0n) is 13.4. The van der Waals surface area contributed by atoms with Gasteiger partial charge in [0.15, 0.2) is 10.9 Å². The fraction of sp³-hybridized carbons (Fsp3) is 0.176. The Kier molecular flexibility index (Phi) is 5.30. The van der Waals surface area contributed by atoms with Crippen molar-refractivity contribution in [2.75, 3.05) is 25.5 Å². The first kappa shape index (κ1) is 17.0. The molecule has 0 aliphatic rings. The number of benzene rings is 1. The molecule has 0 saturated heterocycles. The lowest BCUT2D eigenvalue weighted by atomic mass is 10.3. The normalized spacial score (nSPS) is 10.5. The van der Waals surface area contributed by atoms with Gasteiger partial charge in [-0.15, -0.1) is 11.3 Å². The molecule has 0 saturated carbocycles. The van der Waals surface area contributed by atoms with E-state index in [4.69, 9.17) is 9.15 Å². The summed E-state index contributed by atoms with van der Waals surface area (Å²) in [4.78, 5) is 17.9. The van der Waals surface area contributed by atoms with E-state index < -0.39 is 0 Å². The van der Waals surface area contributed by atoms with Crippen molar-refractivity contribution >= 4 is 22.5 Å². The van der Waals surface area contributed by atoms with Crippen LogP contribution in [0.1, 0.15) is 0 Å². The summed E-state index contributed by atoms with van der Waals surface area (Å²) in [6, 6.07) is 9.03. The second-order valence-electron chi connectivity index (χ2n) is 5.17. The number of carbonyl (C=O) groups excluding carboxylic acids is 1. The second-order valence-corrected chi connectivity index (χ2v) is 6.03. The van der Waals surface area contributed by atoms with Crippen molar-refractivity contribution in [3.63, 3.8) is 0 Å². The van der Waals surface area contributed by atoms with Crippen molar-refractivity contribution in [2.45, 2.75) is 0 Å². The van der Waals surface area contributed by atoms with E-state index in [2.05, 4.69) is 10.3 Å². The fourth-order valence-corrected chi connectivity index (χ4v) is 2.68. The smallest absolute Gasteiger partial charge is 0.323 e. The zero-order chi connectivity index (χ0) is 17.6. The molecule has 0 fully saturated rings. The summed E-state index contributed by atoms with van der Waals surface area (Å²) in [5, 5.41) is 5.03. The average molecular weight is 361 g/mol. The first-order valence-corrected chi connectivity index (χ1v) is 8.39. The number of nitrogens with zero attached hydrogens (tertiary/aromatic N) is 2. The fourth-order valence-electron chi connectivity index (χ4n) is 1.99. The molecule has 1 aromatic carbocycles. The summed E-state index contributed by atoms with van der Waals surface area (Å²) in [5.41, 5.74) is 0.674. The number of amides is 2. The molecule has 0 unspecified atom stereocenters. The van der Waals surface area contributed by atoms with Gasteiger partial charge >= 0.3 is 6.03 Å². The van der Waals surface area contributed by atoms with E-state index in [-0.39, 0.29) is 11.8 Å². The van der Waals surface area contributed by atoms with Gasteiger partial charge < -0.3 is 14.1 Å². The van der Waals surface area contributed by atoms with Crippen molar-refractivity contribution in [1.29, 1.82) is 0 Å². The molecule has 6 nitrogen and oxygen atoms in total. The number of urea groups is 1. The van der Waals surface area contributed by atoms with Crippen LogP contribution in [0.4, 0.5) is 14.3 Å². The third-order valence-corrected chi connectivity index (χ3v) is 4.11. The van der Waals surface area contributed by atoms with Gasteiger partial charge in [0.2, 0.25) is 0 Å². The lowest BCUT2D eigenvalue weighted by Crippen LogP contribution is -2.34. The molecular formula is C17H16FN3O3S. The van der Waals surface area contributed by atoms with Gasteiger partial charge in [-0.05, 0) is 36.4 Å². The van der Waals surface area contributed by atoms with Crippen LogP contribution < -0.4 is 10.1 Å². The van der Waals surface area contributed by atoms with E-state index in [1.807, 2.05) is 5.38 Å². The largest absolute Gasteiger partial charge is 0.492 e. The maximum absolute atomic E-state index is 12.8. The monoisotopic (exact) mass is 361 g/mol. The molecule has 0 aliphatic carbocycles. The van der Waals surface area contributed by atoms with Gasteiger partial charge in [0, 0.05) is 12.4 Å². The number of nitrogens with one attached hydrogen (secondary N) is 1. The highest BCUT2D eigenvalue weighted by molar-refractivity contribution is 7.14. The SMILES string of the molecule is CN(CCOc1ccc(F)cc1)C(=O)Nc1nc(-c2ccco2)cs1. The molecule has 0 bridgehead atoms. The predicted octanol–water partition coefficient (Wildman–Crippen LogP) is 4.08. The Balaban J connectivity index is 1.47. The summed E-state index contributed by atoms with van der Waals surface area (Å²) in [6.07, 6.45) is 1.57. The lowest BCUT2D eigenvalue weighted by molar-refractivity contribution is 0.207. The summed E-state index contributed by atoms with van der Waals surface area (Å²) in [7, 11) is 1.66. The molecule has 0 atom stereocenters. The predicted molar refractivity (Wildman–Crippen MR) is 93.4 cm³/mol. The number of likely N-dealkylation sites (N-methyl/N-ethyl adjacent to an activating group) is 1. The van der Waals surface area contributed by atoms with E-state index in [1.54, 1.807) is 37.6 Å². The van der Waals surface area contributed by atoms with Crippen LogP contribution in [-0.2, 0) is 0 Å². The summed E-state index contributed by atoms with van der Waals surface area (Å²) in [5.74, 6) is 0.886. The van der Waals surface area contributed by atoms with Gasteiger partial charge in [0.1, 0.15) is 23.9 Å². The highest BCUT2D eigenvalue weighted by Gasteiger charge is 2.12. The number of halogens is 1. The van der Waals surface area contributed by atoms with E-state index in [0.29, 0.717) is 35.5 Å². The molecule has 0 radical (unpaired) electrons. The van der Waals surface area contributed by atoms with Crippen LogP contribution in [0.15, 0.2) is 52.5 Å². The Hall–Kier alpha value is -2.87. The van der Waals surface area contributed by atoms with Crippen LogP contribution in [-0.4, -0.2) is 36.1 Å². The highest BCUT2D eigenvalue weighted by atomic mass is 32.1. The number of hydrogen-bond donors (Lipinski definition) is 1. The Bertz CT molecular complexity index is 818. The minimum Gasteiger partial charge on any atom is -0.492 e. The van der Waals surface area contributed by atoms with E-state index in [0.717, 1.165) is 0 Å². The number of ether oxygens (including phenoxy) is 1. The summed E-state index contributed by atoms with van der Waals surface area (Å²) >= 11 is 1.32. The molecule has 2 heterocycles. The Morgan fingerprint density at radius 3 is 2.88 bits per heavy atom. The molecule has 25 heavy (non-hydrogen) atoms. The molecule has 8 heteroatoms. The van der Waals surface area contributed by atoms with Crippen molar-refractivity contribution in [3.8, 4) is 17.2 Å². The van der Waals surface area contributed by atoms with Gasteiger partial charge in [-0.1, -0.05) is 0 Å². The van der Waals surface area contributed by atoms with Crippen LogP contribution in [0.2, 0.25) is 0 Å². The Labute approximate surface area is 147 Å². The molecule has 0 spiro atoms. The molecule has 1 N–H and O–H groups in total. The number of thiazole rings is 1. The second kappa shape index (κ2) is 7.80. The van der Waals surface area contributed by atoms with Gasteiger partial charge in [-0.25, -0.2) is 14.2 Å². The maximum atomic E-state index is 12.8.